The maximum atomic E-state index is 10.4. The Morgan fingerprint density at radius 3 is 1.76 bits per heavy atom. The van der Waals surface area contributed by atoms with E-state index in [2.05, 4.69) is 106 Å². The minimum absolute atomic E-state index is 0.565. The van der Waals surface area contributed by atoms with E-state index >= 15 is 0 Å². The molecule has 0 amide bonds. The van der Waals surface area contributed by atoms with Crippen molar-refractivity contribution in [1.82, 2.24) is 9.13 Å². The highest BCUT2D eigenvalue weighted by atomic mass is 15.0. The Hall–Kier alpha value is -7.39. The molecule has 9 aromatic rings. The number of hydrogen-bond acceptors (Lipinski definition) is 3. The Labute approximate surface area is 287 Å². The normalized spacial score (nSPS) is 11.1. The molecular weight excluding hydrogens is 611 g/mol. The molecule has 5 heteroatoms. The molecule has 9 rings (SSSR count). The van der Waals surface area contributed by atoms with Gasteiger partial charge in [0.25, 0.3) is 0 Å². The summed E-state index contributed by atoms with van der Waals surface area (Å²) in [6, 6.07) is 57.9. The molecule has 0 fully saturated rings. The Balaban J connectivity index is 1.18. The fraction of sp³-hybridized carbons (Fsp3) is 0. The van der Waals surface area contributed by atoms with Crippen molar-refractivity contribution >= 4 is 43.6 Å². The van der Waals surface area contributed by atoms with E-state index < -0.39 is 0 Å². The Morgan fingerprint density at radius 1 is 0.380 bits per heavy atom. The molecule has 0 aliphatic rings. The van der Waals surface area contributed by atoms with Crippen molar-refractivity contribution in [2.75, 3.05) is 0 Å². The summed E-state index contributed by atoms with van der Waals surface area (Å²) in [5, 5.41) is 33.9. The molecule has 230 valence electrons. The van der Waals surface area contributed by atoms with Gasteiger partial charge < -0.3 is 9.13 Å². The summed E-state index contributed by atoms with van der Waals surface area (Å²) < 4.78 is 4.38. The second-order valence-corrected chi connectivity index (χ2v) is 12.3. The summed E-state index contributed by atoms with van der Waals surface area (Å²) >= 11 is 0. The van der Waals surface area contributed by atoms with Crippen LogP contribution in [-0.4, -0.2) is 9.13 Å². The van der Waals surface area contributed by atoms with Crippen LogP contribution in [0, 0.1) is 34.0 Å². The fourth-order valence-electron chi connectivity index (χ4n) is 7.38. The van der Waals surface area contributed by atoms with Crippen molar-refractivity contribution < 1.29 is 0 Å². The molecular formula is C45H25N5. The minimum Gasteiger partial charge on any atom is -0.309 e. The predicted octanol–water partition coefficient (Wildman–Crippen LogP) is 10.8. The van der Waals surface area contributed by atoms with E-state index in [1.54, 1.807) is 0 Å². The Kier molecular flexibility index (Phi) is 6.56. The standard InChI is InChI=1S/C45H25N5/c46-26-29-16-22-43-40(23-29)38-11-2-4-14-42(38)50(43)45-34(28-48)9-6-12-36(45)33-8-5-7-32(25-33)31-17-19-35(20-18-31)49-41-13-3-1-10-37(41)39-21-15-30(27-47)24-44(39)49/h1-25H. The zero-order valence-corrected chi connectivity index (χ0v) is 26.7. The van der Waals surface area contributed by atoms with Gasteiger partial charge in [0.2, 0.25) is 0 Å². The fourth-order valence-corrected chi connectivity index (χ4v) is 7.38. The average Bonchev–Trinajstić information content (AvgIpc) is 3.69. The van der Waals surface area contributed by atoms with Gasteiger partial charge in [-0.1, -0.05) is 84.9 Å². The van der Waals surface area contributed by atoms with Gasteiger partial charge in [0.1, 0.15) is 6.07 Å². The monoisotopic (exact) mass is 635 g/mol. The van der Waals surface area contributed by atoms with Crippen LogP contribution in [0.1, 0.15) is 16.7 Å². The molecule has 7 aromatic carbocycles. The van der Waals surface area contributed by atoms with Gasteiger partial charge in [0, 0.05) is 32.8 Å². The van der Waals surface area contributed by atoms with E-state index in [1.807, 2.05) is 72.8 Å². The van der Waals surface area contributed by atoms with E-state index in [-0.39, 0.29) is 0 Å². The quantitative estimate of drug-likeness (QED) is 0.193. The van der Waals surface area contributed by atoms with Crippen molar-refractivity contribution in [3.8, 4) is 51.8 Å². The molecule has 0 atom stereocenters. The summed E-state index contributed by atoms with van der Waals surface area (Å²) in [5.41, 5.74) is 11.7. The summed E-state index contributed by atoms with van der Waals surface area (Å²) in [5.74, 6) is 0. The minimum atomic E-state index is 0.565. The number of hydrogen-bond donors (Lipinski definition) is 0. The SMILES string of the molecule is N#Cc1ccc2c(c1)c1ccccc1n2-c1c(C#N)cccc1-c1cccc(-c2ccc(-n3c4ccccc4c4ccc(C#N)cc43)cc2)c1. The van der Waals surface area contributed by atoms with Crippen LogP contribution in [0.25, 0.3) is 77.2 Å². The van der Waals surface area contributed by atoms with Gasteiger partial charge in [-0.25, -0.2) is 0 Å². The molecule has 0 aliphatic carbocycles. The molecule has 0 bridgehead atoms. The van der Waals surface area contributed by atoms with Crippen LogP contribution < -0.4 is 0 Å². The molecule has 0 saturated heterocycles. The van der Waals surface area contributed by atoms with Crippen LogP contribution in [0.2, 0.25) is 0 Å². The second-order valence-electron chi connectivity index (χ2n) is 12.3. The lowest BCUT2D eigenvalue weighted by atomic mass is 9.96. The summed E-state index contributed by atoms with van der Waals surface area (Å²) in [6.45, 7) is 0. The number of benzene rings is 7. The molecule has 0 radical (unpaired) electrons. The highest BCUT2D eigenvalue weighted by Gasteiger charge is 2.20. The van der Waals surface area contributed by atoms with Crippen molar-refractivity contribution in [1.29, 1.82) is 15.8 Å². The zero-order valence-electron chi connectivity index (χ0n) is 26.7. The molecule has 0 N–H and O–H groups in total. The lowest BCUT2D eigenvalue weighted by Crippen LogP contribution is -2.01. The number of nitriles is 3. The van der Waals surface area contributed by atoms with E-state index in [0.717, 1.165) is 77.2 Å². The van der Waals surface area contributed by atoms with E-state index in [0.29, 0.717) is 16.7 Å². The number of rotatable bonds is 4. The van der Waals surface area contributed by atoms with Crippen molar-refractivity contribution in [3.63, 3.8) is 0 Å². The highest BCUT2D eigenvalue weighted by molar-refractivity contribution is 6.11. The molecule has 0 saturated carbocycles. The van der Waals surface area contributed by atoms with Gasteiger partial charge in [-0.2, -0.15) is 15.8 Å². The lowest BCUT2D eigenvalue weighted by Gasteiger charge is -2.16. The molecule has 0 spiro atoms. The third-order valence-corrected chi connectivity index (χ3v) is 9.62. The van der Waals surface area contributed by atoms with Crippen molar-refractivity contribution in [2.24, 2.45) is 0 Å². The van der Waals surface area contributed by atoms with Crippen LogP contribution in [-0.2, 0) is 0 Å². The maximum absolute atomic E-state index is 10.4. The zero-order chi connectivity index (χ0) is 33.8. The van der Waals surface area contributed by atoms with Crippen LogP contribution in [0.15, 0.2) is 152 Å². The predicted molar refractivity (Wildman–Crippen MR) is 200 cm³/mol. The third-order valence-electron chi connectivity index (χ3n) is 9.62. The van der Waals surface area contributed by atoms with Gasteiger partial charge in [-0.15, -0.1) is 0 Å². The average molecular weight is 636 g/mol. The van der Waals surface area contributed by atoms with Crippen LogP contribution in [0.5, 0.6) is 0 Å². The Morgan fingerprint density at radius 2 is 1.00 bits per heavy atom. The first kappa shape index (κ1) is 28.8. The van der Waals surface area contributed by atoms with Gasteiger partial charge in [0.05, 0.1) is 56.6 Å². The number of aromatic nitrogens is 2. The molecule has 5 nitrogen and oxygen atoms in total. The van der Waals surface area contributed by atoms with Crippen LogP contribution in [0.3, 0.4) is 0 Å². The lowest BCUT2D eigenvalue weighted by molar-refractivity contribution is 1.17. The first-order valence-corrected chi connectivity index (χ1v) is 16.3. The van der Waals surface area contributed by atoms with Gasteiger partial charge >= 0.3 is 0 Å². The topological polar surface area (TPSA) is 81.2 Å². The van der Waals surface area contributed by atoms with Gasteiger partial charge in [-0.05, 0) is 83.4 Å². The molecule has 0 unspecified atom stereocenters. The van der Waals surface area contributed by atoms with Crippen molar-refractivity contribution in [3.05, 3.63) is 168 Å². The largest absolute Gasteiger partial charge is 0.309 e. The van der Waals surface area contributed by atoms with E-state index in [4.69, 9.17) is 0 Å². The van der Waals surface area contributed by atoms with Crippen molar-refractivity contribution in [2.45, 2.75) is 0 Å². The molecule has 0 aliphatic heterocycles. The van der Waals surface area contributed by atoms with Crippen LogP contribution in [0.4, 0.5) is 0 Å². The van der Waals surface area contributed by atoms with E-state index in [9.17, 15) is 15.8 Å². The number of fused-ring (bicyclic) bond motifs is 6. The summed E-state index contributed by atoms with van der Waals surface area (Å²) in [7, 11) is 0. The number of nitrogens with zero attached hydrogens (tertiary/aromatic N) is 5. The molecule has 2 aromatic heterocycles. The number of para-hydroxylation sites is 3. The maximum Gasteiger partial charge on any atom is 0.101 e. The third kappa shape index (κ3) is 4.38. The van der Waals surface area contributed by atoms with Crippen LogP contribution >= 0.6 is 0 Å². The first-order valence-electron chi connectivity index (χ1n) is 16.3. The highest BCUT2D eigenvalue weighted by Crippen LogP contribution is 2.39. The second kappa shape index (κ2) is 11.4. The molecule has 50 heavy (non-hydrogen) atoms. The van der Waals surface area contributed by atoms with E-state index in [1.165, 1.54) is 0 Å². The Bertz CT molecular complexity index is 2960. The summed E-state index contributed by atoms with van der Waals surface area (Å²) in [6.07, 6.45) is 0. The van der Waals surface area contributed by atoms with Gasteiger partial charge in [0.15, 0.2) is 0 Å². The van der Waals surface area contributed by atoms with Gasteiger partial charge in [-0.3, -0.25) is 0 Å². The first-order chi connectivity index (χ1) is 24.7. The smallest absolute Gasteiger partial charge is 0.101 e. The summed E-state index contributed by atoms with van der Waals surface area (Å²) in [4.78, 5) is 0. The molecule has 2 heterocycles.